The molecule has 0 aliphatic carbocycles. The molecule has 2 aliphatic rings. The Labute approximate surface area is 169 Å². The third kappa shape index (κ3) is 3.79. The molecule has 2 fully saturated rings. The molecule has 0 radical (unpaired) electrons. The van der Waals surface area contributed by atoms with E-state index in [1.165, 1.54) is 6.07 Å². The molecule has 1 N–H and O–H groups in total. The van der Waals surface area contributed by atoms with Crippen molar-refractivity contribution in [2.45, 2.75) is 38.8 Å². The Kier molecular flexibility index (Phi) is 5.40. The molecule has 3 heterocycles. The maximum atomic E-state index is 14.0. The number of aryl methyl sites for hydroxylation is 2. The van der Waals surface area contributed by atoms with E-state index < -0.39 is 6.43 Å². The van der Waals surface area contributed by atoms with Gasteiger partial charge in [-0.1, -0.05) is 6.07 Å². The van der Waals surface area contributed by atoms with Gasteiger partial charge in [0.15, 0.2) is 5.82 Å². The van der Waals surface area contributed by atoms with Crippen LogP contribution in [0.5, 0.6) is 5.75 Å². The number of fused-ring (bicyclic) bond motifs is 1. The van der Waals surface area contributed by atoms with Gasteiger partial charge >= 0.3 is 0 Å². The summed E-state index contributed by atoms with van der Waals surface area (Å²) in [5.74, 6) is 0.228. The number of hydrogen-bond donors (Lipinski definition) is 1. The van der Waals surface area contributed by atoms with Gasteiger partial charge in [0, 0.05) is 25.2 Å². The molecule has 8 heteroatoms. The number of anilines is 1. The molecule has 4 rings (SSSR count). The lowest BCUT2D eigenvalue weighted by atomic mass is 9.98. The highest BCUT2D eigenvalue weighted by atomic mass is 19.3. The summed E-state index contributed by atoms with van der Waals surface area (Å²) < 4.78 is 34.0. The van der Waals surface area contributed by atoms with Crippen LogP contribution in [-0.2, 0) is 4.74 Å². The molecule has 0 saturated carbocycles. The fraction of sp³-hybridized carbons (Fsp3) is 0.524. The highest BCUT2D eigenvalue weighted by molar-refractivity contribution is 5.72. The molecule has 1 aromatic heterocycles. The summed E-state index contributed by atoms with van der Waals surface area (Å²) in [4.78, 5) is 4.10. The molecule has 1 aromatic carbocycles. The fourth-order valence-electron chi connectivity index (χ4n) is 4.48. The number of halogens is 2. The molecule has 156 valence electrons. The van der Waals surface area contributed by atoms with Crippen molar-refractivity contribution < 1.29 is 18.6 Å². The highest BCUT2D eigenvalue weighted by Gasteiger charge is 2.38. The van der Waals surface area contributed by atoms with Crippen LogP contribution in [0.1, 0.15) is 29.5 Å². The van der Waals surface area contributed by atoms with Crippen LogP contribution in [0.2, 0.25) is 0 Å². The van der Waals surface area contributed by atoms with Crippen LogP contribution in [0.15, 0.2) is 18.2 Å². The minimum atomic E-state index is -2.70. The van der Waals surface area contributed by atoms with Crippen molar-refractivity contribution in [3.05, 3.63) is 34.9 Å². The number of piperidine rings is 1. The summed E-state index contributed by atoms with van der Waals surface area (Å²) in [5.41, 5.74) is 2.19. The van der Waals surface area contributed by atoms with Crippen LogP contribution in [0, 0.1) is 13.8 Å². The minimum Gasteiger partial charge on any atom is -0.507 e. The summed E-state index contributed by atoms with van der Waals surface area (Å²) in [6.07, 6.45) is -1.83. The number of aromatic nitrogens is 2. The lowest BCUT2D eigenvalue weighted by molar-refractivity contribution is -0.0249. The van der Waals surface area contributed by atoms with Crippen molar-refractivity contribution in [2.24, 2.45) is 0 Å². The second-order valence-electron chi connectivity index (χ2n) is 8.01. The third-order valence-corrected chi connectivity index (χ3v) is 5.81. The van der Waals surface area contributed by atoms with E-state index in [1.54, 1.807) is 6.07 Å². The van der Waals surface area contributed by atoms with Gasteiger partial charge in [-0.25, -0.2) is 8.78 Å². The zero-order chi connectivity index (χ0) is 20.7. The number of benzene rings is 1. The highest BCUT2D eigenvalue weighted by Crippen LogP contribution is 2.38. The van der Waals surface area contributed by atoms with Crippen LogP contribution in [0.3, 0.4) is 0 Å². The van der Waals surface area contributed by atoms with E-state index in [-0.39, 0.29) is 35.0 Å². The monoisotopic (exact) mass is 404 g/mol. The van der Waals surface area contributed by atoms with Gasteiger partial charge in [0.05, 0.1) is 30.0 Å². The lowest BCUT2D eigenvalue weighted by Gasteiger charge is -2.47. The summed E-state index contributed by atoms with van der Waals surface area (Å²) in [6.45, 7) is 6.32. The second-order valence-corrected chi connectivity index (χ2v) is 8.01. The first-order valence-corrected chi connectivity index (χ1v) is 9.88. The predicted octanol–water partition coefficient (Wildman–Crippen LogP) is 3.31. The van der Waals surface area contributed by atoms with E-state index >= 15 is 0 Å². The molecule has 2 saturated heterocycles. The predicted molar refractivity (Wildman–Crippen MR) is 107 cm³/mol. The van der Waals surface area contributed by atoms with E-state index in [9.17, 15) is 13.9 Å². The van der Waals surface area contributed by atoms with Gasteiger partial charge in [0.1, 0.15) is 5.75 Å². The fourth-order valence-corrected chi connectivity index (χ4v) is 4.48. The van der Waals surface area contributed by atoms with Gasteiger partial charge in [-0.05, 0) is 50.6 Å². The Morgan fingerprint density at radius 1 is 1.17 bits per heavy atom. The SMILES string of the molecule is Cc1cc(C)c(-c2cc(C(F)F)c(N3CCO[C@@H]4CCN(C)C[C@@H]43)nn2)c(O)c1. The summed E-state index contributed by atoms with van der Waals surface area (Å²) in [7, 11) is 2.02. The van der Waals surface area contributed by atoms with Crippen molar-refractivity contribution in [1.82, 2.24) is 15.1 Å². The first-order chi connectivity index (χ1) is 13.8. The van der Waals surface area contributed by atoms with E-state index in [0.717, 1.165) is 30.6 Å². The Morgan fingerprint density at radius 2 is 1.97 bits per heavy atom. The summed E-state index contributed by atoms with van der Waals surface area (Å²) in [6, 6.07) is 4.82. The summed E-state index contributed by atoms with van der Waals surface area (Å²) >= 11 is 0. The maximum absolute atomic E-state index is 14.0. The number of phenols is 1. The van der Waals surface area contributed by atoms with Crippen molar-refractivity contribution >= 4 is 5.82 Å². The average molecular weight is 404 g/mol. The Morgan fingerprint density at radius 3 is 2.69 bits per heavy atom. The van der Waals surface area contributed by atoms with Crippen LogP contribution >= 0.6 is 0 Å². The van der Waals surface area contributed by atoms with E-state index in [0.29, 0.717) is 18.7 Å². The largest absolute Gasteiger partial charge is 0.507 e. The number of phenolic OH excluding ortho intramolecular Hbond substituents is 1. The van der Waals surface area contributed by atoms with Gasteiger partial charge in [-0.2, -0.15) is 0 Å². The summed E-state index contributed by atoms with van der Waals surface area (Å²) in [5, 5.41) is 18.8. The number of hydrogen-bond acceptors (Lipinski definition) is 6. The zero-order valence-electron chi connectivity index (χ0n) is 16.9. The third-order valence-electron chi connectivity index (χ3n) is 5.81. The number of nitrogens with zero attached hydrogens (tertiary/aromatic N) is 4. The first kappa shape index (κ1) is 20.0. The van der Waals surface area contributed by atoms with Crippen LogP contribution in [0.4, 0.5) is 14.6 Å². The molecule has 0 amide bonds. The van der Waals surface area contributed by atoms with Gasteiger partial charge in [0.25, 0.3) is 6.43 Å². The lowest BCUT2D eigenvalue weighted by Crippen LogP contribution is -2.60. The molecule has 29 heavy (non-hydrogen) atoms. The van der Waals surface area contributed by atoms with E-state index in [2.05, 4.69) is 15.1 Å². The van der Waals surface area contributed by atoms with Gasteiger partial charge in [-0.15, -0.1) is 10.2 Å². The molecule has 0 bridgehead atoms. The molecule has 0 unspecified atom stereocenters. The van der Waals surface area contributed by atoms with Crippen LogP contribution < -0.4 is 4.90 Å². The molecule has 0 spiro atoms. The average Bonchev–Trinajstić information content (AvgIpc) is 2.66. The van der Waals surface area contributed by atoms with Gasteiger partial charge in [-0.3, -0.25) is 0 Å². The van der Waals surface area contributed by atoms with Crippen molar-refractivity contribution in [1.29, 1.82) is 0 Å². The Bertz CT molecular complexity index is 885. The van der Waals surface area contributed by atoms with Crippen molar-refractivity contribution in [3.63, 3.8) is 0 Å². The molecular formula is C21H26F2N4O2. The molecule has 2 aliphatic heterocycles. The number of likely N-dealkylation sites (tertiary alicyclic amines) is 1. The van der Waals surface area contributed by atoms with E-state index in [1.807, 2.05) is 31.9 Å². The number of aromatic hydroxyl groups is 1. The molecule has 2 aromatic rings. The molecule has 6 nitrogen and oxygen atoms in total. The zero-order valence-corrected chi connectivity index (χ0v) is 16.9. The normalized spacial score (nSPS) is 22.8. The van der Waals surface area contributed by atoms with Gasteiger partial charge in [0.2, 0.25) is 0 Å². The second kappa shape index (κ2) is 7.84. The Hall–Kier alpha value is -2.32. The van der Waals surface area contributed by atoms with Crippen LogP contribution in [0.25, 0.3) is 11.3 Å². The number of likely N-dealkylation sites (N-methyl/N-ethyl adjacent to an activating group) is 1. The standard InChI is InChI=1S/C21H26F2N4O2/c1-12-8-13(2)19(17(28)9-12)15-10-14(20(22)23)21(25-24-15)27-6-7-29-18-4-5-26(3)11-16(18)27/h8-10,16,18,20,28H,4-7,11H2,1-3H3/t16-,18+/m0/s1. The minimum absolute atomic E-state index is 0.00957. The number of alkyl halides is 2. The Balaban J connectivity index is 1.76. The molecule has 2 atom stereocenters. The van der Waals surface area contributed by atoms with Crippen LogP contribution in [-0.4, -0.2) is 65.6 Å². The smallest absolute Gasteiger partial charge is 0.267 e. The quantitative estimate of drug-likeness (QED) is 0.847. The van der Waals surface area contributed by atoms with Crippen molar-refractivity contribution in [2.75, 3.05) is 38.2 Å². The topological polar surface area (TPSA) is 61.7 Å². The first-order valence-electron chi connectivity index (χ1n) is 9.88. The molecular weight excluding hydrogens is 378 g/mol. The van der Waals surface area contributed by atoms with Gasteiger partial charge < -0.3 is 19.6 Å². The number of rotatable bonds is 3. The van der Waals surface area contributed by atoms with Crippen molar-refractivity contribution in [3.8, 4) is 17.0 Å². The maximum Gasteiger partial charge on any atom is 0.267 e. The number of ether oxygens (including phenoxy) is 1. The number of morpholine rings is 1. The van der Waals surface area contributed by atoms with E-state index in [4.69, 9.17) is 4.74 Å².